The summed E-state index contributed by atoms with van der Waals surface area (Å²) in [6, 6.07) is 22.6. The first kappa shape index (κ1) is 30.5. The van der Waals surface area contributed by atoms with Gasteiger partial charge in [0, 0.05) is 42.7 Å². The average molecular weight is 594 g/mol. The van der Waals surface area contributed by atoms with Gasteiger partial charge in [0.2, 0.25) is 11.8 Å². The lowest BCUT2D eigenvalue weighted by Crippen LogP contribution is -2.50. The summed E-state index contributed by atoms with van der Waals surface area (Å²) < 4.78 is 0. The van der Waals surface area contributed by atoms with Gasteiger partial charge in [0.05, 0.1) is 18.8 Å². The average Bonchev–Trinajstić information content (AvgIpc) is 3.51. The van der Waals surface area contributed by atoms with Crippen molar-refractivity contribution in [2.24, 2.45) is 0 Å². The Morgan fingerprint density at radius 1 is 1.02 bits per heavy atom. The summed E-state index contributed by atoms with van der Waals surface area (Å²) in [6.45, 7) is 4.79. The molecule has 10 heteroatoms. The molecule has 4 aromatic rings. The fourth-order valence-electron chi connectivity index (χ4n) is 5.44. The van der Waals surface area contributed by atoms with Crippen LogP contribution in [0.5, 0.6) is 0 Å². The second-order valence-corrected chi connectivity index (χ2v) is 11.6. The second-order valence-electron chi connectivity index (χ2n) is 11.6. The molecule has 1 aliphatic heterocycles. The number of carbonyl (C=O) groups is 3. The van der Waals surface area contributed by atoms with E-state index in [9.17, 15) is 14.4 Å². The Morgan fingerprint density at radius 3 is 2.52 bits per heavy atom. The Bertz CT molecular complexity index is 1600. The third kappa shape index (κ3) is 7.51. The minimum atomic E-state index is -0.641. The van der Waals surface area contributed by atoms with Crippen molar-refractivity contribution in [1.29, 1.82) is 0 Å². The summed E-state index contributed by atoms with van der Waals surface area (Å²) in [6.07, 6.45) is 4.86. The van der Waals surface area contributed by atoms with Crippen molar-refractivity contribution in [3.63, 3.8) is 0 Å². The molecule has 0 fully saturated rings. The van der Waals surface area contributed by atoms with Crippen LogP contribution in [0, 0.1) is 0 Å². The van der Waals surface area contributed by atoms with E-state index in [-0.39, 0.29) is 24.3 Å². The predicted molar refractivity (Wildman–Crippen MR) is 172 cm³/mol. The summed E-state index contributed by atoms with van der Waals surface area (Å²) in [5.74, 6) is 0.483. The lowest BCUT2D eigenvalue weighted by atomic mass is 9.99. The topological polar surface area (TPSA) is 131 Å². The van der Waals surface area contributed by atoms with Crippen molar-refractivity contribution >= 4 is 29.2 Å². The van der Waals surface area contributed by atoms with Crippen molar-refractivity contribution in [2.45, 2.75) is 57.8 Å². The summed E-state index contributed by atoms with van der Waals surface area (Å²) in [5, 5.41) is 11.8. The first-order chi connectivity index (χ1) is 21.2. The molecule has 44 heavy (non-hydrogen) atoms. The highest BCUT2D eigenvalue weighted by Gasteiger charge is 2.32. The van der Waals surface area contributed by atoms with Gasteiger partial charge in [-0.25, -0.2) is 9.78 Å². The van der Waals surface area contributed by atoms with E-state index in [4.69, 9.17) is 0 Å². The van der Waals surface area contributed by atoms with Crippen LogP contribution in [0.4, 0.5) is 16.2 Å². The molecule has 1 atom stereocenters. The standard InChI is InChI=1S/C34H39N7O3/c1-34(2,38-21-30-36-18-19-37-30)20-31(42)39-28-17-16-25-8-4-7-11-29(25)41(32(28)43)22-23-12-14-24(15-13-23)26-9-5-6-10-27(26)40-33(44)35-3/h4-15,18-19,28,38H,16-17,20-22H2,1-3H3,(H,36,37)(H,39,42)(H2,35,40,44)/t28-/m1/s1. The quantitative estimate of drug-likeness (QED) is 0.181. The molecule has 0 radical (unpaired) electrons. The molecule has 0 bridgehead atoms. The molecule has 4 amide bonds. The van der Waals surface area contributed by atoms with E-state index >= 15 is 0 Å². The molecular formula is C34H39N7O3. The van der Waals surface area contributed by atoms with E-state index in [0.717, 1.165) is 33.8 Å². The van der Waals surface area contributed by atoms with Crippen LogP contribution in [0.2, 0.25) is 0 Å². The number of rotatable bonds is 10. The molecule has 1 aliphatic rings. The molecule has 0 spiro atoms. The predicted octanol–water partition coefficient (Wildman–Crippen LogP) is 4.75. The number of H-pyrrole nitrogens is 1. The van der Waals surface area contributed by atoms with Gasteiger partial charge in [-0.05, 0) is 55.5 Å². The number of benzene rings is 3. The number of carbonyl (C=O) groups excluding carboxylic acids is 3. The Kier molecular flexibility index (Phi) is 9.40. The maximum atomic E-state index is 14.0. The van der Waals surface area contributed by atoms with Crippen LogP contribution in [0.3, 0.4) is 0 Å². The van der Waals surface area contributed by atoms with Gasteiger partial charge < -0.3 is 31.2 Å². The molecule has 0 unspecified atom stereocenters. The normalized spacial score (nSPS) is 14.8. The van der Waals surface area contributed by atoms with Gasteiger partial charge in [-0.2, -0.15) is 0 Å². The lowest BCUT2D eigenvalue weighted by molar-refractivity contribution is -0.128. The zero-order valence-electron chi connectivity index (χ0n) is 25.3. The van der Waals surface area contributed by atoms with Gasteiger partial charge in [0.15, 0.2) is 0 Å². The van der Waals surface area contributed by atoms with Crippen molar-refractivity contribution in [3.8, 4) is 11.1 Å². The van der Waals surface area contributed by atoms with E-state index in [0.29, 0.717) is 31.6 Å². The van der Waals surface area contributed by atoms with Gasteiger partial charge >= 0.3 is 6.03 Å². The number of aromatic amines is 1. The van der Waals surface area contributed by atoms with Crippen LogP contribution in [-0.4, -0.2) is 46.4 Å². The van der Waals surface area contributed by atoms with Gasteiger partial charge in [-0.15, -0.1) is 0 Å². The number of nitrogens with one attached hydrogen (secondary N) is 5. The molecule has 0 aliphatic carbocycles. The van der Waals surface area contributed by atoms with Gasteiger partial charge in [0.25, 0.3) is 0 Å². The SMILES string of the molecule is CNC(=O)Nc1ccccc1-c1ccc(CN2C(=O)[C@H](NC(=O)CC(C)(C)NCc3ncc[nH]3)CCc3ccccc32)cc1. The number of hydrogen-bond donors (Lipinski definition) is 5. The summed E-state index contributed by atoms with van der Waals surface area (Å²) >= 11 is 0. The lowest BCUT2D eigenvalue weighted by Gasteiger charge is -2.29. The molecule has 5 N–H and O–H groups in total. The van der Waals surface area contributed by atoms with E-state index in [2.05, 4.69) is 31.2 Å². The van der Waals surface area contributed by atoms with Crippen molar-refractivity contribution < 1.29 is 14.4 Å². The third-order valence-electron chi connectivity index (χ3n) is 7.78. The van der Waals surface area contributed by atoms with Gasteiger partial charge in [-0.3, -0.25) is 9.59 Å². The molecule has 1 aromatic heterocycles. The van der Waals surface area contributed by atoms with Crippen LogP contribution in [-0.2, 0) is 29.1 Å². The third-order valence-corrected chi connectivity index (χ3v) is 7.78. The Balaban J connectivity index is 1.30. The molecule has 228 valence electrons. The minimum absolute atomic E-state index is 0.131. The summed E-state index contributed by atoms with van der Waals surface area (Å²) in [5.41, 5.74) is 4.92. The van der Waals surface area contributed by atoms with Crippen molar-refractivity contribution in [2.75, 3.05) is 17.3 Å². The number of urea groups is 1. The van der Waals surface area contributed by atoms with Crippen LogP contribution < -0.4 is 26.2 Å². The van der Waals surface area contributed by atoms with Crippen LogP contribution in [0.15, 0.2) is 85.2 Å². The fraction of sp³-hybridized carbons (Fsp3) is 0.294. The highest BCUT2D eigenvalue weighted by Crippen LogP contribution is 2.31. The van der Waals surface area contributed by atoms with Gasteiger partial charge in [0.1, 0.15) is 11.9 Å². The summed E-state index contributed by atoms with van der Waals surface area (Å²) in [4.78, 5) is 48.2. The molecular weight excluding hydrogens is 554 g/mol. The Morgan fingerprint density at radius 2 is 1.77 bits per heavy atom. The minimum Gasteiger partial charge on any atom is -0.348 e. The number of amides is 4. The van der Waals surface area contributed by atoms with Crippen LogP contribution >= 0.6 is 0 Å². The Hall–Kier alpha value is -4.96. The molecule has 5 rings (SSSR count). The van der Waals surface area contributed by atoms with Gasteiger partial charge in [-0.1, -0.05) is 60.7 Å². The zero-order valence-corrected chi connectivity index (χ0v) is 25.3. The number of imidazole rings is 1. The Labute approximate surface area is 257 Å². The number of para-hydroxylation sites is 2. The van der Waals surface area contributed by atoms with E-state index in [1.807, 2.05) is 86.6 Å². The first-order valence-corrected chi connectivity index (χ1v) is 14.8. The van der Waals surface area contributed by atoms with E-state index in [1.165, 1.54) is 0 Å². The molecule has 3 aromatic carbocycles. The maximum Gasteiger partial charge on any atom is 0.318 e. The molecule has 0 saturated heterocycles. The number of aromatic nitrogens is 2. The number of hydrogen-bond acceptors (Lipinski definition) is 5. The monoisotopic (exact) mass is 593 g/mol. The van der Waals surface area contributed by atoms with E-state index in [1.54, 1.807) is 24.3 Å². The van der Waals surface area contributed by atoms with Crippen LogP contribution in [0.25, 0.3) is 11.1 Å². The molecule has 0 saturated carbocycles. The maximum absolute atomic E-state index is 14.0. The molecule has 2 heterocycles. The largest absolute Gasteiger partial charge is 0.348 e. The highest BCUT2D eigenvalue weighted by molar-refractivity contribution is 6.00. The number of anilines is 2. The first-order valence-electron chi connectivity index (χ1n) is 14.8. The van der Waals surface area contributed by atoms with Crippen molar-refractivity contribution in [1.82, 2.24) is 25.9 Å². The van der Waals surface area contributed by atoms with Crippen molar-refractivity contribution in [3.05, 3.63) is 102 Å². The second kappa shape index (κ2) is 13.6. The summed E-state index contributed by atoms with van der Waals surface area (Å²) in [7, 11) is 1.58. The molecule has 10 nitrogen and oxygen atoms in total. The zero-order chi connectivity index (χ0) is 31.1. The highest BCUT2D eigenvalue weighted by atomic mass is 16.2. The number of aryl methyl sites for hydroxylation is 1. The smallest absolute Gasteiger partial charge is 0.318 e. The number of fused-ring (bicyclic) bond motifs is 1. The number of nitrogens with zero attached hydrogens (tertiary/aromatic N) is 2. The fourth-order valence-corrected chi connectivity index (χ4v) is 5.44. The van der Waals surface area contributed by atoms with Crippen LogP contribution in [0.1, 0.15) is 43.6 Å². The van der Waals surface area contributed by atoms with E-state index < -0.39 is 11.6 Å².